The van der Waals surface area contributed by atoms with Crippen LogP contribution in [0.5, 0.6) is 0 Å². The van der Waals surface area contributed by atoms with Crippen LogP contribution >= 0.6 is 15.6 Å². The molecule has 636 valence electrons. The molecule has 6 atom stereocenters. The molecule has 19 heteroatoms. The number of ether oxygens (including phenoxy) is 4. The number of aliphatic hydroxyl groups is 1. The predicted molar refractivity (Wildman–Crippen MR) is 441 cm³/mol. The summed E-state index contributed by atoms with van der Waals surface area (Å²) in [7, 11) is -9.93. The van der Waals surface area contributed by atoms with Crippen molar-refractivity contribution in [2.45, 2.75) is 478 Å². The summed E-state index contributed by atoms with van der Waals surface area (Å²) in [5.41, 5.74) is 0. The van der Waals surface area contributed by atoms with Crippen LogP contribution in [0.15, 0.2) is 0 Å². The minimum absolute atomic E-state index is 0.106. The van der Waals surface area contributed by atoms with Gasteiger partial charge < -0.3 is 33.8 Å². The zero-order chi connectivity index (χ0) is 78.8. The fraction of sp³-hybridized carbons (Fsp3) is 0.955. The molecule has 0 saturated heterocycles. The Kier molecular flexibility index (Phi) is 75.3. The normalized spacial score (nSPS) is 14.1. The Morgan fingerprint density at radius 1 is 0.262 bits per heavy atom. The largest absolute Gasteiger partial charge is 0.472 e. The Hall–Kier alpha value is -1.94. The topological polar surface area (TPSA) is 237 Å². The molecule has 0 heterocycles. The molecule has 0 aromatic heterocycles. The molecular weight excluding hydrogens is 1390 g/mol. The fourth-order valence-corrected chi connectivity index (χ4v) is 15.2. The Morgan fingerprint density at radius 3 is 0.664 bits per heavy atom. The monoisotopic (exact) mass is 1560 g/mol. The van der Waals surface area contributed by atoms with Crippen LogP contribution in [0.25, 0.3) is 0 Å². The first-order chi connectivity index (χ1) is 51.6. The van der Waals surface area contributed by atoms with E-state index in [9.17, 15) is 43.2 Å². The number of phosphoric ester groups is 2. The van der Waals surface area contributed by atoms with Crippen LogP contribution in [0.3, 0.4) is 0 Å². The quantitative estimate of drug-likeness (QED) is 0.0222. The number of carbonyl (C=O) groups excluding carboxylic acids is 4. The molecule has 107 heavy (non-hydrogen) atoms. The number of carbonyl (C=O) groups is 4. The lowest BCUT2D eigenvalue weighted by Crippen LogP contribution is -2.30. The highest BCUT2D eigenvalue weighted by molar-refractivity contribution is 7.47. The lowest BCUT2D eigenvalue weighted by atomic mass is 9.99. The molecule has 0 fully saturated rings. The van der Waals surface area contributed by atoms with E-state index in [1.165, 1.54) is 257 Å². The van der Waals surface area contributed by atoms with E-state index < -0.39 is 97.5 Å². The van der Waals surface area contributed by atoms with Crippen LogP contribution in [-0.4, -0.2) is 96.7 Å². The van der Waals surface area contributed by atoms with E-state index in [-0.39, 0.29) is 25.7 Å². The van der Waals surface area contributed by atoms with Crippen molar-refractivity contribution in [2.75, 3.05) is 39.6 Å². The Morgan fingerprint density at radius 2 is 0.449 bits per heavy atom. The van der Waals surface area contributed by atoms with Crippen LogP contribution in [0.4, 0.5) is 0 Å². The average Bonchev–Trinajstić information content (AvgIpc) is 0.900. The number of hydrogen-bond acceptors (Lipinski definition) is 15. The number of unbranched alkanes of at least 4 members (excludes halogenated alkanes) is 50. The maximum atomic E-state index is 13.2. The van der Waals surface area contributed by atoms with Crippen LogP contribution < -0.4 is 0 Å². The maximum Gasteiger partial charge on any atom is 0.472 e. The SMILES string of the molecule is CCC(C)CCCCCCCCCCCCCCCCCCCCC(=O)O[C@H](COC(=O)CCCCCCCCCCCCCCCCCCC(C)C)COP(=O)(O)OCC(O)COP(=O)(O)OC[C@@H](COC(=O)CCCCCCCCC(C)C)OC(=O)CCCCCCCCCCCCCCCCC(C)C. The summed E-state index contributed by atoms with van der Waals surface area (Å²) in [5.74, 6) is 1.05. The lowest BCUT2D eigenvalue weighted by Gasteiger charge is -2.21. The van der Waals surface area contributed by atoms with Crippen LogP contribution in [0.1, 0.15) is 460 Å². The zero-order valence-electron chi connectivity index (χ0n) is 70.8. The van der Waals surface area contributed by atoms with Gasteiger partial charge in [0.1, 0.15) is 19.3 Å². The minimum Gasteiger partial charge on any atom is -0.462 e. The van der Waals surface area contributed by atoms with Gasteiger partial charge in [-0.15, -0.1) is 0 Å². The first-order valence-electron chi connectivity index (χ1n) is 45.2. The maximum absolute atomic E-state index is 13.2. The van der Waals surface area contributed by atoms with Gasteiger partial charge in [-0.05, 0) is 49.4 Å². The first kappa shape index (κ1) is 105. The second-order valence-corrected chi connectivity index (χ2v) is 36.2. The van der Waals surface area contributed by atoms with Gasteiger partial charge in [0.25, 0.3) is 0 Å². The molecule has 0 aliphatic heterocycles. The lowest BCUT2D eigenvalue weighted by molar-refractivity contribution is -0.161. The smallest absolute Gasteiger partial charge is 0.462 e. The van der Waals surface area contributed by atoms with E-state index in [4.69, 9.17) is 37.0 Å². The van der Waals surface area contributed by atoms with Crippen molar-refractivity contribution in [3.05, 3.63) is 0 Å². The summed E-state index contributed by atoms with van der Waals surface area (Å²) in [5, 5.41) is 10.7. The van der Waals surface area contributed by atoms with Crippen LogP contribution in [-0.2, 0) is 65.4 Å². The first-order valence-corrected chi connectivity index (χ1v) is 48.2. The molecule has 0 aromatic carbocycles. The highest BCUT2D eigenvalue weighted by atomic mass is 31.2. The van der Waals surface area contributed by atoms with Gasteiger partial charge in [-0.1, -0.05) is 409 Å². The summed E-state index contributed by atoms with van der Waals surface area (Å²) < 4.78 is 68.9. The molecule has 4 unspecified atom stereocenters. The van der Waals surface area contributed by atoms with Gasteiger partial charge in [0.15, 0.2) is 12.2 Å². The molecular formula is C88H172O17P2. The molecule has 17 nitrogen and oxygen atoms in total. The van der Waals surface area contributed by atoms with E-state index >= 15 is 0 Å². The number of hydrogen-bond donors (Lipinski definition) is 3. The third kappa shape index (κ3) is 80.5. The van der Waals surface area contributed by atoms with Crippen molar-refractivity contribution in [1.82, 2.24) is 0 Å². The molecule has 0 radical (unpaired) electrons. The summed E-state index contributed by atoms with van der Waals surface area (Å²) in [6, 6.07) is 0. The van der Waals surface area contributed by atoms with Gasteiger partial charge in [-0.3, -0.25) is 37.3 Å². The molecule has 0 bridgehead atoms. The van der Waals surface area contributed by atoms with Gasteiger partial charge >= 0.3 is 39.5 Å². The van der Waals surface area contributed by atoms with E-state index in [1.807, 2.05) is 0 Å². The highest BCUT2D eigenvalue weighted by Crippen LogP contribution is 2.45. The minimum atomic E-state index is -4.97. The van der Waals surface area contributed by atoms with Crippen LogP contribution in [0.2, 0.25) is 0 Å². The molecule has 0 amide bonds. The number of esters is 4. The fourth-order valence-electron chi connectivity index (χ4n) is 13.6. The summed E-state index contributed by atoms with van der Waals surface area (Å²) >= 11 is 0. The predicted octanol–water partition coefficient (Wildman–Crippen LogP) is 26.7. The van der Waals surface area contributed by atoms with E-state index in [0.29, 0.717) is 31.6 Å². The second kappa shape index (κ2) is 76.7. The third-order valence-electron chi connectivity index (χ3n) is 20.9. The van der Waals surface area contributed by atoms with Crippen molar-refractivity contribution in [1.29, 1.82) is 0 Å². The van der Waals surface area contributed by atoms with Crippen molar-refractivity contribution < 1.29 is 80.2 Å². The Balaban J connectivity index is 5.21. The molecule has 0 spiro atoms. The van der Waals surface area contributed by atoms with Gasteiger partial charge in [0, 0.05) is 25.7 Å². The molecule has 0 aliphatic rings. The van der Waals surface area contributed by atoms with Crippen molar-refractivity contribution in [2.24, 2.45) is 23.7 Å². The van der Waals surface area contributed by atoms with Crippen molar-refractivity contribution in [3.8, 4) is 0 Å². The molecule has 0 aromatic rings. The number of phosphoric acid groups is 2. The van der Waals surface area contributed by atoms with Gasteiger partial charge in [0.2, 0.25) is 0 Å². The average molecular weight is 1560 g/mol. The summed E-state index contributed by atoms with van der Waals surface area (Å²) in [6.45, 7) is 14.3. The van der Waals surface area contributed by atoms with Crippen molar-refractivity contribution in [3.63, 3.8) is 0 Å². The molecule has 0 saturated carbocycles. The standard InChI is InChI=1S/C88H172O17P2/c1-9-81(8)67-59-51-42-36-30-24-17-12-10-11-13-19-26-32-38-44-54-62-70-87(92)104-83(74-98-85(90)68-60-52-43-37-31-25-18-15-14-16-22-28-34-40-48-56-64-78(2)3)76-102-106(94,95)100-72-82(89)73-101-107(96,97)103-77-84(75-99-86(91)69-61-53-47-46-50-58-66-80(6)7)105-88(93)71-63-55-45-39-33-27-21-20-23-29-35-41-49-57-65-79(4)5/h78-84,89H,9-77H2,1-8H3,(H,94,95)(H,96,97)/t81?,82?,83-,84-/m1/s1. The van der Waals surface area contributed by atoms with Gasteiger partial charge in [-0.2, -0.15) is 0 Å². The van der Waals surface area contributed by atoms with Crippen molar-refractivity contribution >= 4 is 39.5 Å². The van der Waals surface area contributed by atoms with Gasteiger partial charge in [0.05, 0.1) is 26.4 Å². The molecule has 0 rings (SSSR count). The molecule has 3 N–H and O–H groups in total. The molecule has 0 aliphatic carbocycles. The third-order valence-corrected chi connectivity index (χ3v) is 22.8. The summed E-state index contributed by atoms with van der Waals surface area (Å²) in [4.78, 5) is 73.2. The van der Waals surface area contributed by atoms with Crippen LogP contribution in [0, 0.1) is 23.7 Å². The van der Waals surface area contributed by atoms with E-state index in [1.54, 1.807) is 0 Å². The highest BCUT2D eigenvalue weighted by Gasteiger charge is 2.31. The number of rotatable bonds is 85. The second-order valence-electron chi connectivity index (χ2n) is 33.3. The summed E-state index contributed by atoms with van der Waals surface area (Å²) in [6.07, 6.45) is 66.9. The van der Waals surface area contributed by atoms with E-state index in [2.05, 4.69) is 55.4 Å². The zero-order valence-corrected chi connectivity index (χ0v) is 72.6. The van der Waals surface area contributed by atoms with E-state index in [0.717, 1.165) is 114 Å². The Bertz CT molecular complexity index is 2080. The number of aliphatic hydroxyl groups excluding tert-OH is 1. The Labute approximate surface area is 658 Å². The van der Waals surface area contributed by atoms with Gasteiger partial charge in [-0.25, -0.2) is 9.13 Å².